The molecule has 0 atom stereocenters. The summed E-state index contributed by atoms with van der Waals surface area (Å²) in [6.45, 7) is 0.408. The monoisotopic (exact) mass is 224 g/mol. The number of rotatable bonds is 5. The number of carbonyl (C=O) groups excluding carboxylic acids is 1. The Kier molecular flexibility index (Phi) is 4.18. The highest BCUT2D eigenvalue weighted by molar-refractivity contribution is 5.77. The van der Waals surface area contributed by atoms with Gasteiger partial charge in [-0.3, -0.25) is 4.79 Å². The van der Waals surface area contributed by atoms with Crippen molar-refractivity contribution < 1.29 is 14.7 Å². The molecule has 3 N–H and O–H groups in total. The molecule has 0 saturated heterocycles. The van der Waals surface area contributed by atoms with Gasteiger partial charge in [0.2, 0.25) is 0 Å². The van der Waals surface area contributed by atoms with Crippen molar-refractivity contribution in [1.82, 2.24) is 10.6 Å². The first-order valence-corrected chi connectivity index (χ1v) is 5.29. The molecule has 0 aromatic heterocycles. The van der Waals surface area contributed by atoms with Crippen molar-refractivity contribution in [3.8, 4) is 12.3 Å². The maximum absolute atomic E-state index is 11.4. The number of aliphatic carboxylic acids is 1. The van der Waals surface area contributed by atoms with Crippen LogP contribution in [0.15, 0.2) is 0 Å². The fourth-order valence-corrected chi connectivity index (χ4v) is 1.77. The Morgan fingerprint density at radius 3 is 2.56 bits per heavy atom. The molecule has 0 heterocycles. The zero-order valence-electron chi connectivity index (χ0n) is 9.08. The Labute approximate surface area is 94.6 Å². The summed E-state index contributed by atoms with van der Waals surface area (Å²) in [4.78, 5) is 22.1. The van der Waals surface area contributed by atoms with Gasteiger partial charge in [-0.15, -0.1) is 12.3 Å². The van der Waals surface area contributed by atoms with Crippen LogP contribution in [0.2, 0.25) is 0 Å². The number of carbonyl (C=O) groups is 2. The van der Waals surface area contributed by atoms with E-state index in [9.17, 15) is 9.59 Å². The Balaban J connectivity index is 2.35. The SMILES string of the molecule is C#CCCNC(=O)NC1(CC(=O)O)CCC1. The van der Waals surface area contributed by atoms with E-state index in [2.05, 4.69) is 16.6 Å². The lowest BCUT2D eigenvalue weighted by molar-refractivity contribution is -0.139. The average molecular weight is 224 g/mol. The average Bonchev–Trinajstić information content (AvgIpc) is 2.14. The lowest BCUT2D eigenvalue weighted by Gasteiger charge is -2.41. The molecule has 0 aromatic carbocycles. The van der Waals surface area contributed by atoms with E-state index in [1.165, 1.54) is 0 Å². The molecule has 0 aromatic rings. The van der Waals surface area contributed by atoms with Gasteiger partial charge in [-0.05, 0) is 19.3 Å². The van der Waals surface area contributed by atoms with Gasteiger partial charge < -0.3 is 15.7 Å². The zero-order chi connectivity index (χ0) is 12.0. The summed E-state index contributed by atoms with van der Waals surface area (Å²) in [7, 11) is 0. The van der Waals surface area contributed by atoms with Gasteiger partial charge in [-0.25, -0.2) is 4.79 Å². The second kappa shape index (κ2) is 5.40. The van der Waals surface area contributed by atoms with E-state index in [1.54, 1.807) is 0 Å². The van der Waals surface area contributed by atoms with Crippen LogP contribution in [0.5, 0.6) is 0 Å². The summed E-state index contributed by atoms with van der Waals surface area (Å²) in [6, 6.07) is -0.337. The normalized spacial score (nSPS) is 16.7. The van der Waals surface area contributed by atoms with Gasteiger partial charge in [0.05, 0.1) is 12.0 Å². The topological polar surface area (TPSA) is 78.4 Å². The Morgan fingerprint density at radius 2 is 2.12 bits per heavy atom. The number of hydrogen-bond donors (Lipinski definition) is 3. The number of terminal acetylenes is 1. The molecule has 1 rings (SSSR count). The smallest absolute Gasteiger partial charge is 0.315 e. The van der Waals surface area contributed by atoms with Crippen LogP contribution in [0.3, 0.4) is 0 Å². The van der Waals surface area contributed by atoms with Crippen LogP contribution >= 0.6 is 0 Å². The highest BCUT2D eigenvalue weighted by atomic mass is 16.4. The highest BCUT2D eigenvalue weighted by Gasteiger charge is 2.40. The molecule has 0 unspecified atom stereocenters. The van der Waals surface area contributed by atoms with Gasteiger partial charge in [0.1, 0.15) is 0 Å². The second-order valence-corrected chi connectivity index (χ2v) is 4.04. The van der Waals surface area contributed by atoms with Crippen molar-refractivity contribution in [2.45, 2.75) is 37.6 Å². The van der Waals surface area contributed by atoms with Crippen LogP contribution in [-0.4, -0.2) is 29.2 Å². The van der Waals surface area contributed by atoms with Gasteiger partial charge >= 0.3 is 12.0 Å². The summed E-state index contributed by atoms with van der Waals surface area (Å²) in [5.74, 6) is 1.52. The minimum absolute atomic E-state index is 0.0183. The van der Waals surface area contributed by atoms with Crippen molar-refractivity contribution in [3.05, 3.63) is 0 Å². The van der Waals surface area contributed by atoms with E-state index < -0.39 is 11.5 Å². The van der Waals surface area contributed by atoms with E-state index in [0.29, 0.717) is 13.0 Å². The Morgan fingerprint density at radius 1 is 1.44 bits per heavy atom. The fraction of sp³-hybridized carbons (Fsp3) is 0.636. The first-order chi connectivity index (χ1) is 7.58. The standard InChI is InChI=1S/C11H16N2O3/c1-2-3-7-12-10(16)13-11(5-4-6-11)8-9(14)15/h1H,3-8H2,(H,14,15)(H2,12,13,16). The summed E-state index contributed by atoms with van der Waals surface area (Å²) in [5, 5.41) is 14.1. The molecular formula is C11H16N2O3. The number of urea groups is 1. The summed E-state index contributed by atoms with van der Waals surface area (Å²) in [6.07, 6.45) is 7.90. The highest BCUT2D eigenvalue weighted by Crippen LogP contribution is 2.34. The molecule has 0 radical (unpaired) electrons. The maximum Gasteiger partial charge on any atom is 0.315 e. The Hall–Kier alpha value is -1.70. The molecule has 1 fully saturated rings. The minimum Gasteiger partial charge on any atom is -0.481 e. The number of carboxylic acids is 1. The minimum atomic E-state index is -0.886. The van der Waals surface area contributed by atoms with E-state index in [0.717, 1.165) is 19.3 Å². The van der Waals surface area contributed by atoms with Crippen LogP contribution in [0.25, 0.3) is 0 Å². The molecule has 0 aliphatic heterocycles. The lowest BCUT2D eigenvalue weighted by Crippen LogP contribution is -2.57. The van der Waals surface area contributed by atoms with Crippen molar-refractivity contribution in [1.29, 1.82) is 0 Å². The van der Waals surface area contributed by atoms with E-state index in [-0.39, 0.29) is 12.5 Å². The predicted molar refractivity (Wildman–Crippen MR) is 58.8 cm³/mol. The molecule has 88 valence electrons. The van der Waals surface area contributed by atoms with Crippen molar-refractivity contribution in [2.75, 3.05) is 6.54 Å². The number of nitrogens with one attached hydrogen (secondary N) is 2. The second-order valence-electron chi connectivity index (χ2n) is 4.04. The Bertz CT molecular complexity index is 316. The zero-order valence-corrected chi connectivity index (χ0v) is 9.08. The summed E-state index contributed by atoms with van der Waals surface area (Å²) < 4.78 is 0. The number of amides is 2. The van der Waals surface area contributed by atoms with Crippen molar-refractivity contribution >= 4 is 12.0 Å². The van der Waals surface area contributed by atoms with Crippen LogP contribution in [-0.2, 0) is 4.79 Å². The third kappa shape index (κ3) is 3.46. The third-order valence-electron chi connectivity index (χ3n) is 2.73. The van der Waals surface area contributed by atoms with Gasteiger partial charge in [0, 0.05) is 13.0 Å². The number of hydrogen-bond acceptors (Lipinski definition) is 2. The van der Waals surface area contributed by atoms with Gasteiger partial charge in [0.15, 0.2) is 0 Å². The number of carboxylic acid groups (broad SMARTS) is 1. The molecule has 0 spiro atoms. The van der Waals surface area contributed by atoms with Crippen molar-refractivity contribution in [3.63, 3.8) is 0 Å². The first kappa shape index (κ1) is 12.4. The molecule has 1 saturated carbocycles. The van der Waals surface area contributed by atoms with Crippen LogP contribution in [0, 0.1) is 12.3 Å². The van der Waals surface area contributed by atoms with Gasteiger partial charge in [-0.2, -0.15) is 0 Å². The molecule has 5 heteroatoms. The van der Waals surface area contributed by atoms with E-state index >= 15 is 0 Å². The lowest BCUT2D eigenvalue weighted by atomic mass is 9.74. The molecule has 5 nitrogen and oxygen atoms in total. The summed E-state index contributed by atoms with van der Waals surface area (Å²) in [5.41, 5.74) is -0.550. The van der Waals surface area contributed by atoms with Gasteiger partial charge in [-0.1, -0.05) is 0 Å². The quantitative estimate of drug-likeness (QED) is 0.475. The molecule has 0 bridgehead atoms. The van der Waals surface area contributed by atoms with Gasteiger partial charge in [0.25, 0.3) is 0 Å². The largest absolute Gasteiger partial charge is 0.481 e. The van der Waals surface area contributed by atoms with Crippen molar-refractivity contribution in [2.24, 2.45) is 0 Å². The van der Waals surface area contributed by atoms with E-state index in [4.69, 9.17) is 11.5 Å². The van der Waals surface area contributed by atoms with E-state index in [1.807, 2.05) is 0 Å². The van der Waals surface area contributed by atoms with Crippen LogP contribution in [0.4, 0.5) is 4.79 Å². The molecule has 1 aliphatic rings. The fourth-order valence-electron chi connectivity index (χ4n) is 1.77. The third-order valence-corrected chi connectivity index (χ3v) is 2.73. The van der Waals surface area contributed by atoms with Crippen LogP contribution < -0.4 is 10.6 Å². The maximum atomic E-state index is 11.4. The molecule has 2 amide bonds. The summed E-state index contributed by atoms with van der Waals surface area (Å²) >= 11 is 0. The molecular weight excluding hydrogens is 208 g/mol. The molecule has 1 aliphatic carbocycles. The predicted octanol–water partition coefficient (Wildman–Crippen LogP) is 0.706. The van der Waals surface area contributed by atoms with Crippen LogP contribution in [0.1, 0.15) is 32.1 Å². The first-order valence-electron chi connectivity index (χ1n) is 5.29. The molecule has 16 heavy (non-hydrogen) atoms.